The van der Waals surface area contributed by atoms with Crippen molar-refractivity contribution in [1.29, 1.82) is 0 Å². The van der Waals surface area contributed by atoms with Gasteiger partial charge in [-0.15, -0.1) is 38.3 Å². The number of thiophene rings is 1. The van der Waals surface area contributed by atoms with Gasteiger partial charge in [0.25, 0.3) is 0 Å². The highest BCUT2D eigenvalue weighted by Gasteiger charge is 2.22. The van der Waals surface area contributed by atoms with Crippen molar-refractivity contribution in [2.45, 2.75) is 63.6 Å². The number of amides is 1. The summed E-state index contributed by atoms with van der Waals surface area (Å²) in [5.74, 6) is 1.34. The molecule has 192 valence electrons. The largest absolute Gasteiger partial charge is 0.300 e. The van der Waals surface area contributed by atoms with Gasteiger partial charge in [-0.1, -0.05) is 78.3 Å². The maximum Gasteiger partial charge on any atom is 0.236 e. The van der Waals surface area contributed by atoms with Crippen LogP contribution in [-0.2, 0) is 11.3 Å². The Morgan fingerprint density at radius 2 is 1.92 bits per heavy atom. The average Bonchev–Trinajstić information content (AvgIpc) is 3.63. The second-order valence-corrected chi connectivity index (χ2v) is 12.3. The molecule has 1 aliphatic rings. The van der Waals surface area contributed by atoms with E-state index in [1.54, 1.807) is 11.3 Å². The predicted octanol–water partition coefficient (Wildman–Crippen LogP) is 7.11. The standard InChI is InChI=1S/C27H30N6OS3/c1-4-14-33-24(21-15-35-18(3)23(21)19-12-10-17(2)11-13-19)29-32-27(33)36-16-22(34)28-26-31-30-25(37-26)20-8-6-5-7-9-20/h4,10-13,15,20H,1,5-9,14,16H2,2-3H3,(H,28,31,34). The van der Waals surface area contributed by atoms with Gasteiger partial charge in [0.15, 0.2) is 11.0 Å². The summed E-state index contributed by atoms with van der Waals surface area (Å²) in [7, 11) is 0. The maximum atomic E-state index is 12.7. The number of anilines is 1. The third-order valence-electron chi connectivity index (χ3n) is 6.56. The SMILES string of the molecule is C=CCn1c(SCC(=O)Nc2nnc(C3CCCCC3)s2)nnc1-c1csc(C)c1-c1ccc(C)cc1. The summed E-state index contributed by atoms with van der Waals surface area (Å²) in [6.07, 6.45) is 7.94. The molecule has 3 aromatic heterocycles. The minimum absolute atomic E-state index is 0.127. The summed E-state index contributed by atoms with van der Waals surface area (Å²) in [6, 6.07) is 8.55. The third kappa shape index (κ3) is 5.86. The number of thioether (sulfide) groups is 1. The lowest BCUT2D eigenvalue weighted by molar-refractivity contribution is -0.113. The number of nitrogens with one attached hydrogen (secondary N) is 1. The van der Waals surface area contributed by atoms with E-state index in [4.69, 9.17) is 0 Å². The lowest BCUT2D eigenvalue weighted by Crippen LogP contribution is -2.14. The van der Waals surface area contributed by atoms with Gasteiger partial charge in [0.2, 0.25) is 11.0 Å². The van der Waals surface area contributed by atoms with Crippen LogP contribution in [0.4, 0.5) is 5.13 Å². The number of hydrogen-bond acceptors (Lipinski definition) is 8. The molecule has 3 heterocycles. The Bertz CT molecular complexity index is 1380. The lowest BCUT2D eigenvalue weighted by atomic mass is 9.90. The number of allylic oxidation sites excluding steroid dienone is 1. The second kappa shape index (κ2) is 11.7. The van der Waals surface area contributed by atoms with Crippen LogP contribution in [0.3, 0.4) is 0 Å². The third-order valence-corrected chi connectivity index (χ3v) is 9.44. The predicted molar refractivity (Wildman–Crippen MR) is 154 cm³/mol. The zero-order chi connectivity index (χ0) is 25.8. The molecule has 1 N–H and O–H groups in total. The van der Waals surface area contributed by atoms with Crippen LogP contribution in [0.1, 0.15) is 53.5 Å². The molecule has 4 aromatic rings. The van der Waals surface area contributed by atoms with Crippen molar-refractivity contribution in [3.63, 3.8) is 0 Å². The van der Waals surface area contributed by atoms with Gasteiger partial charge in [0, 0.05) is 33.8 Å². The number of carbonyl (C=O) groups excluding carboxylic acids is 1. The molecule has 7 nitrogen and oxygen atoms in total. The van der Waals surface area contributed by atoms with Crippen LogP contribution in [-0.4, -0.2) is 36.6 Å². The summed E-state index contributed by atoms with van der Waals surface area (Å²) in [4.78, 5) is 13.9. The lowest BCUT2D eigenvalue weighted by Gasteiger charge is -2.18. The molecular formula is C27H30N6OS3. The molecule has 0 bridgehead atoms. The molecule has 0 unspecified atom stereocenters. The van der Waals surface area contributed by atoms with Crippen molar-refractivity contribution >= 4 is 45.5 Å². The molecule has 0 radical (unpaired) electrons. The van der Waals surface area contributed by atoms with Crippen molar-refractivity contribution in [3.05, 3.63) is 57.7 Å². The number of aryl methyl sites for hydroxylation is 2. The summed E-state index contributed by atoms with van der Waals surface area (Å²) in [5.41, 5.74) is 4.59. The topological polar surface area (TPSA) is 85.6 Å². The molecule has 5 rings (SSSR count). The van der Waals surface area contributed by atoms with E-state index in [0.717, 1.165) is 34.8 Å². The highest BCUT2D eigenvalue weighted by Crippen LogP contribution is 2.39. The fraction of sp³-hybridized carbons (Fsp3) is 0.370. The number of aromatic nitrogens is 5. The first-order valence-electron chi connectivity index (χ1n) is 12.5. The molecule has 1 amide bonds. The number of carbonyl (C=O) groups is 1. The van der Waals surface area contributed by atoms with E-state index in [-0.39, 0.29) is 11.7 Å². The van der Waals surface area contributed by atoms with E-state index in [9.17, 15) is 4.79 Å². The van der Waals surface area contributed by atoms with Crippen molar-refractivity contribution < 1.29 is 4.79 Å². The van der Waals surface area contributed by atoms with Gasteiger partial charge < -0.3 is 0 Å². The van der Waals surface area contributed by atoms with Crippen LogP contribution in [0, 0.1) is 13.8 Å². The monoisotopic (exact) mass is 550 g/mol. The average molecular weight is 551 g/mol. The second-order valence-electron chi connectivity index (χ2n) is 9.27. The summed E-state index contributed by atoms with van der Waals surface area (Å²) in [6.45, 7) is 8.69. The molecule has 10 heteroatoms. The quantitative estimate of drug-likeness (QED) is 0.177. The first-order chi connectivity index (χ1) is 18.0. The number of benzene rings is 1. The number of hydrogen-bond donors (Lipinski definition) is 1. The Morgan fingerprint density at radius 3 is 2.68 bits per heavy atom. The van der Waals surface area contributed by atoms with E-state index in [2.05, 4.69) is 75.8 Å². The fourth-order valence-corrected chi connectivity index (χ4v) is 7.21. The summed E-state index contributed by atoms with van der Waals surface area (Å²) in [5, 5.41) is 24.8. The van der Waals surface area contributed by atoms with Crippen molar-refractivity contribution in [1.82, 2.24) is 25.0 Å². The van der Waals surface area contributed by atoms with Gasteiger partial charge in [-0.25, -0.2) is 0 Å². The van der Waals surface area contributed by atoms with Crippen LogP contribution in [0.15, 0.2) is 47.5 Å². The van der Waals surface area contributed by atoms with Gasteiger partial charge in [-0.2, -0.15) is 0 Å². The van der Waals surface area contributed by atoms with Crippen LogP contribution in [0.25, 0.3) is 22.5 Å². The van der Waals surface area contributed by atoms with E-state index in [1.807, 2.05) is 10.6 Å². The van der Waals surface area contributed by atoms with Crippen LogP contribution < -0.4 is 5.32 Å². The molecule has 0 atom stereocenters. The smallest absolute Gasteiger partial charge is 0.236 e. The maximum absolute atomic E-state index is 12.7. The van der Waals surface area contributed by atoms with E-state index in [0.29, 0.717) is 22.8 Å². The molecule has 37 heavy (non-hydrogen) atoms. The van der Waals surface area contributed by atoms with Crippen molar-refractivity contribution in [3.8, 4) is 22.5 Å². The van der Waals surface area contributed by atoms with Gasteiger partial charge >= 0.3 is 0 Å². The molecule has 0 aliphatic heterocycles. The molecule has 1 aliphatic carbocycles. The van der Waals surface area contributed by atoms with Crippen molar-refractivity contribution in [2.24, 2.45) is 0 Å². The highest BCUT2D eigenvalue weighted by atomic mass is 32.2. The normalized spacial score (nSPS) is 14.1. The minimum atomic E-state index is -0.127. The van der Waals surface area contributed by atoms with E-state index in [1.165, 1.54) is 58.4 Å². The van der Waals surface area contributed by atoms with Crippen molar-refractivity contribution in [2.75, 3.05) is 11.1 Å². The number of nitrogens with zero attached hydrogens (tertiary/aromatic N) is 5. The van der Waals surface area contributed by atoms with Gasteiger partial charge in [-0.3, -0.25) is 14.7 Å². The molecule has 1 saturated carbocycles. The summed E-state index contributed by atoms with van der Waals surface area (Å²) < 4.78 is 2.02. The molecule has 0 saturated heterocycles. The first-order valence-corrected chi connectivity index (χ1v) is 15.2. The van der Waals surface area contributed by atoms with Crippen LogP contribution in [0.5, 0.6) is 0 Å². The van der Waals surface area contributed by atoms with Crippen LogP contribution >= 0.6 is 34.4 Å². The molecular weight excluding hydrogens is 521 g/mol. The van der Waals surface area contributed by atoms with E-state index >= 15 is 0 Å². The van der Waals surface area contributed by atoms with Gasteiger partial charge in [-0.05, 0) is 32.3 Å². The number of rotatable bonds is 9. The Balaban J connectivity index is 1.30. The zero-order valence-electron chi connectivity index (χ0n) is 21.1. The molecule has 0 spiro atoms. The first kappa shape index (κ1) is 25.8. The minimum Gasteiger partial charge on any atom is -0.300 e. The molecule has 1 aromatic carbocycles. The molecule has 1 fully saturated rings. The van der Waals surface area contributed by atoms with Gasteiger partial charge in [0.1, 0.15) is 5.01 Å². The van der Waals surface area contributed by atoms with Crippen LogP contribution in [0.2, 0.25) is 0 Å². The zero-order valence-corrected chi connectivity index (χ0v) is 23.5. The van der Waals surface area contributed by atoms with Gasteiger partial charge in [0.05, 0.1) is 5.75 Å². The summed E-state index contributed by atoms with van der Waals surface area (Å²) >= 11 is 4.56. The Morgan fingerprint density at radius 1 is 1.14 bits per heavy atom. The Labute approximate surface area is 229 Å². The van der Waals surface area contributed by atoms with E-state index < -0.39 is 0 Å². The fourth-order valence-electron chi connectivity index (χ4n) is 4.67. The Hall–Kier alpha value is -2.82. The Kier molecular flexibility index (Phi) is 8.17. The highest BCUT2D eigenvalue weighted by molar-refractivity contribution is 7.99.